The third kappa shape index (κ3) is 4.84. The number of ether oxygens (including phenoxy) is 2. The van der Waals surface area contributed by atoms with E-state index in [9.17, 15) is 14.4 Å². The Morgan fingerprint density at radius 3 is 1.63 bits per heavy atom. The number of rotatable bonds is 6. The summed E-state index contributed by atoms with van der Waals surface area (Å²) in [5.74, 6) is -0.719. The molecule has 142 valence electrons. The summed E-state index contributed by atoms with van der Waals surface area (Å²) in [7, 11) is 2.85. The van der Waals surface area contributed by atoms with Gasteiger partial charge in [0.2, 0.25) is 11.8 Å². The summed E-state index contributed by atoms with van der Waals surface area (Å²) >= 11 is 0. The fourth-order valence-electron chi connectivity index (χ4n) is 2.16. The summed E-state index contributed by atoms with van der Waals surface area (Å²) in [6.45, 7) is 3.06. The fraction of sp³-hybridized carbons (Fsp3) is 0.250. The number of hydrogen-bond donors (Lipinski definition) is 2. The standard InChI is InChI=1S/C20H22N2O5/c1-20(2,19(25)22-15-9-11-16(26-3)12-10-15)18(24)21-14-7-5-13(6-8-14)17(23)27-4/h5-12H,1-4H3,(H,21,24)(H,22,25). The van der Waals surface area contributed by atoms with Crippen LogP contribution in [0.3, 0.4) is 0 Å². The lowest BCUT2D eigenvalue weighted by molar-refractivity contribution is -0.135. The minimum Gasteiger partial charge on any atom is -0.497 e. The van der Waals surface area contributed by atoms with Crippen LogP contribution in [0.25, 0.3) is 0 Å². The Kier molecular flexibility index (Phi) is 6.18. The molecule has 0 aliphatic heterocycles. The van der Waals surface area contributed by atoms with Gasteiger partial charge in [0.15, 0.2) is 0 Å². The van der Waals surface area contributed by atoms with Crippen molar-refractivity contribution in [1.82, 2.24) is 0 Å². The van der Waals surface area contributed by atoms with Gasteiger partial charge < -0.3 is 20.1 Å². The third-order valence-corrected chi connectivity index (χ3v) is 4.05. The van der Waals surface area contributed by atoms with Crippen molar-refractivity contribution in [3.8, 4) is 5.75 Å². The van der Waals surface area contributed by atoms with Gasteiger partial charge in [0.25, 0.3) is 0 Å². The van der Waals surface area contributed by atoms with Gasteiger partial charge in [-0.3, -0.25) is 9.59 Å². The maximum Gasteiger partial charge on any atom is 0.337 e. The molecule has 2 amide bonds. The van der Waals surface area contributed by atoms with Gasteiger partial charge in [0.1, 0.15) is 11.2 Å². The van der Waals surface area contributed by atoms with Gasteiger partial charge in [-0.1, -0.05) is 0 Å². The van der Waals surface area contributed by atoms with Crippen molar-refractivity contribution < 1.29 is 23.9 Å². The quantitative estimate of drug-likeness (QED) is 0.602. The number of anilines is 2. The molecule has 0 aromatic heterocycles. The zero-order chi connectivity index (χ0) is 20.0. The van der Waals surface area contributed by atoms with Crippen molar-refractivity contribution in [2.75, 3.05) is 24.9 Å². The van der Waals surface area contributed by atoms with Gasteiger partial charge in [0, 0.05) is 11.4 Å². The number of carbonyl (C=O) groups excluding carboxylic acids is 3. The summed E-state index contributed by atoms with van der Waals surface area (Å²) < 4.78 is 9.70. The summed E-state index contributed by atoms with van der Waals surface area (Å²) in [6.07, 6.45) is 0. The van der Waals surface area contributed by atoms with Gasteiger partial charge in [0.05, 0.1) is 19.8 Å². The van der Waals surface area contributed by atoms with Gasteiger partial charge in [-0.15, -0.1) is 0 Å². The summed E-state index contributed by atoms with van der Waals surface area (Å²) in [5, 5.41) is 5.39. The van der Waals surface area contributed by atoms with E-state index in [4.69, 9.17) is 4.74 Å². The molecule has 0 bridgehead atoms. The van der Waals surface area contributed by atoms with Crippen molar-refractivity contribution in [2.45, 2.75) is 13.8 Å². The molecule has 0 radical (unpaired) electrons. The lowest BCUT2D eigenvalue weighted by atomic mass is 9.90. The first-order valence-corrected chi connectivity index (χ1v) is 8.23. The summed E-state index contributed by atoms with van der Waals surface area (Å²) in [6, 6.07) is 13.0. The monoisotopic (exact) mass is 370 g/mol. The molecule has 0 saturated heterocycles. The second-order valence-electron chi connectivity index (χ2n) is 6.33. The second kappa shape index (κ2) is 8.35. The van der Waals surface area contributed by atoms with Gasteiger partial charge in [-0.25, -0.2) is 4.79 Å². The average molecular weight is 370 g/mol. The summed E-state index contributed by atoms with van der Waals surface area (Å²) in [5.41, 5.74) is 0.0788. The molecule has 0 unspecified atom stereocenters. The van der Waals surface area contributed by atoms with E-state index in [-0.39, 0.29) is 0 Å². The molecule has 0 spiro atoms. The maximum atomic E-state index is 12.6. The second-order valence-corrected chi connectivity index (χ2v) is 6.33. The highest BCUT2D eigenvalue weighted by molar-refractivity contribution is 6.14. The molecule has 0 saturated carbocycles. The number of hydrogen-bond acceptors (Lipinski definition) is 5. The van der Waals surface area contributed by atoms with Crippen LogP contribution in [0.4, 0.5) is 11.4 Å². The van der Waals surface area contributed by atoms with E-state index >= 15 is 0 Å². The van der Waals surface area contributed by atoms with Crippen LogP contribution in [0.5, 0.6) is 5.75 Å². The molecular formula is C20H22N2O5. The molecule has 7 heteroatoms. The highest BCUT2D eigenvalue weighted by Crippen LogP contribution is 2.23. The van der Waals surface area contributed by atoms with Gasteiger partial charge >= 0.3 is 5.97 Å². The number of amides is 2. The largest absolute Gasteiger partial charge is 0.497 e. The molecule has 0 aliphatic rings. The Hall–Kier alpha value is -3.35. The number of benzene rings is 2. The molecule has 0 atom stereocenters. The normalized spacial score (nSPS) is 10.7. The zero-order valence-corrected chi connectivity index (χ0v) is 15.7. The number of nitrogens with one attached hydrogen (secondary N) is 2. The Morgan fingerprint density at radius 1 is 0.778 bits per heavy atom. The van der Waals surface area contributed by atoms with E-state index in [1.807, 2.05) is 0 Å². The highest BCUT2D eigenvalue weighted by atomic mass is 16.5. The third-order valence-electron chi connectivity index (χ3n) is 4.05. The minimum absolute atomic E-state index is 0.368. The topological polar surface area (TPSA) is 93.7 Å². The van der Waals surface area contributed by atoms with Crippen molar-refractivity contribution in [1.29, 1.82) is 0 Å². The molecule has 2 N–H and O–H groups in total. The van der Waals surface area contributed by atoms with Gasteiger partial charge in [-0.2, -0.15) is 0 Å². The zero-order valence-electron chi connectivity index (χ0n) is 15.7. The van der Waals surface area contributed by atoms with Crippen molar-refractivity contribution in [2.24, 2.45) is 5.41 Å². The van der Waals surface area contributed by atoms with Crippen LogP contribution >= 0.6 is 0 Å². The Labute approximate surface area is 157 Å². The average Bonchev–Trinajstić information content (AvgIpc) is 2.68. The number of carbonyl (C=O) groups is 3. The van der Waals surface area contributed by atoms with E-state index in [1.165, 1.54) is 33.1 Å². The van der Waals surface area contributed by atoms with Crippen LogP contribution in [-0.2, 0) is 14.3 Å². The molecular weight excluding hydrogens is 348 g/mol. The Bertz CT molecular complexity index is 826. The predicted molar refractivity (Wildman–Crippen MR) is 102 cm³/mol. The minimum atomic E-state index is -1.32. The molecule has 7 nitrogen and oxygen atoms in total. The van der Waals surface area contributed by atoms with Gasteiger partial charge in [-0.05, 0) is 62.4 Å². The molecule has 2 rings (SSSR count). The number of methoxy groups -OCH3 is 2. The highest BCUT2D eigenvalue weighted by Gasteiger charge is 2.36. The van der Waals surface area contributed by atoms with E-state index in [2.05, 4.69) is 15.4 Å². The van der Waals surface area contributed by atoms with Crippen LogP contribution in [0, 0.1) is 5.41 Å². The predicted octanol–water partition coefficient (Wildman–Crippen LogP) is 3.09. The van der Waals surface area contributed by atoms with E-state index < -0.39 is 23.2 Å². The van der Waals surface area contributed by atoms with Crippen LogP contribution in [0.1, 0.15) is 24.2 Å². The fourth-order valence-corrected chi connectivity index (χ4v) is 2.16. The Balaban J connectivity index is 2.04. The first-order valence-electron chi connectivity index (χ1n) is 8.23. The molecule has 2 aromatic rings. The van der Waals surface area contributed by atoms with E-state index in [0.717, 1.165) is 0 Å². The lowest BCUT2D eigenvalue weighted by Gasteiger charge is -2.23. The molecule has 27 heavy (non-hydrogen) atoms. The van der Waals surface area contributed by atoms with E-state index in [0.29, 0.717) is 22.7 Å². The lowest BCUT2D eigenvalue weighted by Crippen LogP contribution is -2.41. The van der Waals surface area contributed by atoms with Crippen molar-refractivity contribution in [3.63, 3.8) is 0 Å². The van der Waals surface area contributed by atoms with Crippen LogP contribution < -0.4 is 15.4 Å². The number of esters is 1. The maximum absolute atomic E-state index is 12.6. The molecule has 2 aromatic carbocycles. The molecule has 0 heterocycles. The van der Waals surface area contributed by atoms with Crippen molar-refractivity contribution >= 4 is 29.2 Å². The van der Waals surface area contributed by atoms with Crippen LogP contribution in [0.15, 0.2) is 48.5 Å². The summed E-state index contributed by atoms with van der Waals surface area (Å²) in [4.78, 5) is 36.5. The SMILES string of the molecule is COC(=O)c1ccc(NC(=O)C(C)(C)C(=O)Nc2ccc(OC)cc2)cc1. The smallest absolute Gasteiger partial charge is 0.337 e. The van der Waals surface area contributed by atoms with Crippen molar-refractivity contribution in [3.05, 3.63) is 54.1 Å². The first-order chi connectivity index (χ1) is 12.8. The van der Waals surface area contributed by atoms with Crippen LogP contribution in [0.2, 0.25) is 0 Å². The molecule has 0 fully saturated rings. The first kappa shape index (κ1) is 20.0. The molecule has 0 aliphatic carbocycles. The Morgan fingerprint density at radius 2 is 1.22 bits per heavy atom. The van der Waals surface area contributed by atoms with E-state index in [1.54, 1.807) is 43.5 Å². The van der Waals surface area contributed by atoms with Crippen LogP contribution in [-0.4, -0.2) is 32.0 Å².